The van der Waals surface area contributed by atoms with Gasteiger partial charge in [0.1, 0.15) is 6.04 Å². The second-order valence-corrected chi connectivity index (χ2v) is 7.50. The number of alkyl halides is 3. The lowest BCUT2D eigenvalue weighted by atomic mass is 9.95. The van der Waals surface area contributed by atoms with Crippen LogP contribution in [0.4, 0.5) is 13.2 Å². The standard InChI is InChI=1S/C15H20N2O3S.C2HF3O2/c18-14(13-4-3-9-21-13)17-8-5-11(10-12(17)15(19)20)16-6-1-2-7-16;3-2(4,5)1(6)7/h3-4,9,11-12H,1-2,5-8,10H2,(H,19,20);(H,6,7). The highest BCUT2D eigenvalue weighted by Crippen LogP contribution is 2.27. The third-order valence-corrected chi connectivity index (χ3v) is 5.61. The highest BCUT2D eigenvalue weighted by molar-refractivity contribution is 7.12. The Balaban J connectivity index is 0.000000345. The quantitative estimate of drug-likeness (QED) is 0.777. The molecule has 2 fully saturated rings. The summed E-state index contributed by atoms with van der Waals surface area (Å²) < 4.78 is 31.7. The third-order valence-electron chi connectivity index (χ3n) is 4.75. The van der Waals surface area contributed by atoms with Gasteiger partial charge in [-0.3, -0.25) is 4.79 Å². The van der Waals surface area contributed by atoms with Crippen molar-refractivity contribution in [1.29, 1.82) is 0 Å². The van der Waals surface area contributed by atoms with Crippen LogP contribution in [0.25, 0.3) is 0 Å². The van der Waals surface area contributed by atoms with Crippen LogP contribution < -0.4 is 0 Å². The zero-order valence-corrected chi connectivity index (χ0v) is 15.7. The van der Waals surface area contributed by atoms with E-state index in [4.69, 9.17) is 9.90 Å². The van der Waals surface area contributed by atoms with Crippen molar-refractivity contribution >= 4 is 29.2 Å². The first-order valence-corrected chi connectivity index (χ1v) is 9.60. The SMILES string of the molecule is O=C(O)C(F)(F)F.O=C(O)C1CC(N2CCCC2)CCN1C(=O)c1cccs1. The number of carbonyl (C=O) groups is 3. The van der Waals surface area contributed by atoms with E-state index in [2.05, 4.69) is 4.90 Å². The summed E-state index contributed by atoms with van der Waals surface area (Å²) in [6.07, 6.45) is -1.26. The van der Waals surface area contributed by atoms with Crippen LogP contribution >= 0.6 is 11.3 Å². The predicted octanol–water partition coefficient (Wildman–Crippen LogP) is 2.54. The molecule has 3 heterocycles. The topological polar surface area (TPSA) is 98.1 Å². The molecule has 1 aromatic heterocycles. The summed E-state index contributed by atoms with van der Waals surface area (Å²) in [5.41, 5.74) is 0. The van der Waals surface area contributed by atoms with Crippen molar-refractivity contribution < 1.29 is 37.8 Å². The lowest BCUT2D eigenvalue weighted by Crippen LogP contribution is -2.54. The number of likely N-dealkylation sites (tertiary alicyclic amines) is 2. The number of carboxylic acid groups (broad SMARTS) is 2. The van der Waals surface area contributed by atoms with E-state index in [1.54, 1.807) is 11.0 Å². The molecule has 0 bridgehead atoms. The van der Waals surface area contributed by atoms with Gasteiger partial charge in [-0.1, -0.05) is 6.07 Å². The summed E-state index contributed by atoms with van der Waals surface area (Å²) in [6.45, 7) is 2.67. The smallest absolute Gasteiger partial charge is 0.480 e. The lowest BCUT2D eigenvalue weighted by molar-refractivity contribution is -0.192. The minimum atomic E-state index is -5.08. The van der Waals surface area contributed by atoms with Gasteiger partial charge in [-0.05, 0) is 50.2 Å². The third kappa shape index (κ3) is 5.68. The van der Waals surface area contributed by atoms with E-state index in [1.807, 2.05) is 11.4 Å². The summed E-state index contributed by atoms with van der Waals surface area (Å²) in [5, 5.41) is 18.5. The van der Waals surface area contributed by atoms with Crippen molar-refractivity contribution in [3.63, 3.8) is 0 Å². The van der Waals surface area contributed by atoms with Crippen molar-refractivity contribution in [2.24, 2.45) is 0 Å². The van der Waals surface area contributed by atoms with Crippen LogP contribution in [0.1, 0.15) is 35.4 Å². The Morgan fingerprint density at radius 2 is 1.71 bits per heavy atom. The molecule has 11 heteroatoms. The minimum Gasteiger partial charge on any atom is -0.480 e. The van der Waals surface area contributed by atoms with Gasteiger partial charge in [-0.25, -0.2) is 9.59 Å². The molecule has 2 aliphatic rings. The van der Waals surface area contributed by atoms with Crippen molar-refractivity contribution in [2.75, 3.05) is 19.6 Å². The molecule has 1 amide bonds. The van der Waals surface area contributed by atoms with E-state index >= 15 is 0 Å². The normalized spacial score (nSPS) is 23.0. The summed E-state index contributed by atoms with van der Waals surface area (Å²) in [7, 11) is 0. The predicted molar refractivity (Wildman–Crippen MR) is 94.3 cm³/mol. The molecule has 156 valence electrons. The van der Waals surface area contributed by atoms with Gasteiger partial charge >= 0.3 is 18.1 Å². The number of nitrogens with zero attached hydrogens (tertiary/aromatic N) is 2. The molecular weight excluding hydrogens is 401 g/mol. The van der Waals surface area contributed by atoms with Crippen LogP contribution in [-0.4, -0.2) is 75.8 Å². The van der Waals surface area contributed by atoms with Gasteiger partial charge in [-0.15, -0.1) is 11.3 Å². The number of aliphatic carboxylic acids is 2. The van der Waals surface area contributed by atoms with Crippen LogP contribution in [0.2, 0.25) is 0 Å². The highest BCUT2D eigenvalue weighted by atomic mass is 32.1. The number of hydrogen-bond acceptors (Lipinski definition) is 5. The summed E-state index contributed by atoms with van der Waals surface area (Å²) in [6, 6.07) is 3.20. The van der Waals surface area contributed by atoms with Crippen LogP contribution in [0, 0.1) is 0 Å². The van der Waals surface area contributed by atoms with Gasteiger partial charge in [0.15, 0.2) is 0 Å². The van der Waals surface area contributed by atoms with E-state index in [1.165, 1.54) is 24.2 Å². The maximum Gasteiger partial charge on any atom is 0.490 e. The molecule has 2 saturated heterocycles. The van der Waals surface area contributed by atoms with Crippen LogP contribution in [0.15, 0.2) is 17.5 Å². The van der Waals surface area contributed by atoms with E-state index < -0.39 is 24.2 Å². The van der Waals surface area contributed by atoms with Gasteiger partial charge in [0.25, 0.3) is 5.91 Å². The summed E-state index contributed by atoms with van der Waals surface area (Å²) in [4.78, 5) is 37.5. The van der Waals surface area contributed by atoms with E-state index in [-0.39, 0.29) is 5.91 Å². The number of carbonyl (C=O) groups excluding carboxylic acids is 1. The summed E-state index contributed by atoms with van der Waals surface area (Å²) >= 11 is 1.37. The van der Waals surface area contributed by atoms with Crippen LogP contribution in [0.5, 0.6) is 0 Å². The minimum absolute atomic E-state index is 0.141. The van der Waals surface area contributed by atoms with Crippen molar-refractivity contribution in [1.82, 2.24) is 9.80 Å². The van der Waals surface area contributed by atoms with Crippen LogP contribution in [-0.2, 0) is 9.59 Å². The van der Waals surface area contributed by atoms with Crippen molar-refractivity contribution in [2.45, 2.75) is 43.9 Å². The molecule has 1 aromatic rings. The highest BCUT2D eigenvalue weighted by Gasteiger charge is 2.39. The van der Waals surface area contributed by atoms with E-state index in [0.29, 0.717) is 23.9 Å². The van der Waals surface area contributed by atoms with Gasteiger partial charge < -0.3 is 20.0 Å². The van der Waals surface area contributed by atoms with E-state index in [9.17, 15) is 27.9 Å². The Labute approximate surface area is 163 Å². The molecule has 0 aromatic carbocycles. The van der Waals surface area contributed by atoms with Gasteiger partial charge in [0.2, 0.25) is 0 Å². The Morgan fingerprint density at radius 1 is 1.11 bits per heavy atom. The average Bonchev–Trinajstić information content (AvgIpc) is 3.34. The average molecular weight is 422 g/mol. The van der Waals surface area contributed by atoms with Gasteiger partial charge in [0.05, 0.1) is 4.88 Å². The molecule has 3 rings (SSSR count). The molecule has 2 N–H and O–H groups in total. The zero-order chi connectivity index (χ0) is 20.9. The molecule has 2 unspecified atom stereocenters. The van der Waals surface area contributed by atoms with Crippen molar-refractivity contribution in [3.8, 4) is 0 Å². The van der Waals surface area contributed by atoms with Gasteiger partial charge in [0, 0.05) is 12.6 Å². The fourth-order valence-corrected chi connectivity index (χ4v) is 4.08. The lowest BCUT2D eigenvalue weighted by Gasteiger charge is -2.40. The number of hydrogen-bond donors (Lipinski definition) is 2. The maximum atomic E-state index is 12.5. The Bertz CT molecular complexity index is 689. The second kappa shape index (κ2) is 9.37. The number of piperidine rings is 1. The van der Waals surface area contributed by atoms with Crippen molar-refractivity contribution in [3.05, 3.63) is 22.4 Å². The largest absolute Gasteiger partial charge is 0.490 e. The molecule has 0 radical (unpaired) electrons. The Morgan fingerprint density at radius 3 is 2.18 bits per heavy atom. The molecule has 7 nitrogen and oxygen atoms in total. The molecule has 28 heavy (non-hydrogen) atoms. The first-order chi connectivity index (χ1) is 13.1. The maximum absolute atomic E-state index is 12.5. The Hall–Kier alpha value is -2.14. The number of amides is 1. The fraction of sp³-hybridized carbons (Fsp3) is 0.588. The monoisotopic (exact) mass is 422 g/mol. The number of halogens is 3. The molecule has 2 atom stereocenters. The summed E-state index contributed by atoms with van der Waals surface area (Å²) in [5.74, 6) is -3.78. The number of rotatable bonds is 3. The molecule has 2 aliphatic heterocycles. The fourth-order valence-electron chi connectivity index (χ4n) is 3.40. The second-order valence-electron chi connectivity index (χ2n) is 6.55. The van der Waals surface area contributed by atoms with Crippen LogP contribution in [0.3, 0.4) is 0 Å². The molecule has 0 spiro atoms. The molecular formula is C17H21F3N2O5S. The van der Waals surface area contributed by atoms with Gasteiger partial charge in [-0.2, -0.15) is 13.2 Å². The first-order valence-electron chi connectivity index (χ1n) is 8.72. The molecule has 0 saturated carbocycles. The molecule has 0 aliphatic carbocycles. The number of thiophene rings is 1. The van der Waals surface area contributed by atoms with E-state index in [0.717, 1.165) is 19.5 Å². The first kappa shape index (κ1) is 22.2. The Kier molecular flexibility index (Phi) is 7.41. The number of carboxylic acids is 2. The zero-order valence-electron chi connectivity index (χ0n) is 14.9.